The van der Waals surface area contributed by atoms with E-state index in [9.17, 15) is 8.42 Å². The quantitative estimate of drug-likeness (QED) is 0.820. The zero-order valence-electron chi connectivity index (χ0n) is 12.0. The summed E-state index contributed by atoms with van der Waals surface area (Å²) in [6.45, 7) is 7.35. The Kier molecular flexibility index (Phi) is 3.30. The molecule has 1 aromatic rings. The number of nitrogens with zero attached hydrogens (tertiary/aromatic N) is 1. The van der Waals surface area contributed by atoms with Gasteiger partial charge in [-0.3, -0.25) is 0 Å². The standard InChI is InChI=1S/C14H20ClNO2S2/c1-13(2)6-10-7-14(3,8-13)9-16(10)20(17,18)12-5-4-11(15)19-12/h4-5,10H,6-9H2,1-3H3/t10-,14-/m1/s1. The number of sulfonamides is 1. The second-order valence-corrected chi connectivity index (χ2v) is 11.2. The van der Waals surface area contributed by atoms with Gasteiger partial charge in [-0.1, -0.05) is 32.4 Å². The zero-order chi connectivity index (χ0) is 14.8. The van der Waals surface area contributed by atoms with Gasteiger partial charge in [0.1, 0.15) is 4.21 Å². The Morgan fingerprint density at radius 3 is 2.60 bits per heavy atom. The molecule has 0 spiro atoms. The molecule has 2 bridgehead atoms. The minimum atomic E-state index is -3.39. The van der Waals surface area contributed by atoms with Gasteiger partial charge in [-0.25, -0.2) is 8.42 Å². The molecule has 2 atom stereocenters. The SMILES string of the molecule is CC1(C)C[C@@H]2C[C@@](C)(CN2S(=O)(=O)c2ccc(Cl)s2)C1. The molecule has 6 heteroatoms. The van der Waals surface area contributed by atoms with E-state index in [4.69, 9.17) is 11.6 Å². The van der Waals surface area contributed by atoms with Crippen LogP contribution in [-0.4, -0.2) is 25.3 Å². The number of hydrogen-bond donors (Lipinski definition) is 0. The lowest BCUT2D eigenvalue weighted by atomic mass is 9.65. The van der Waals surface area contributed by atoms with Crippen molar-refractivity contribution in [3.05, 3.63) is 16.5 Å². The number of fused-ring (bicyclic) bond motifs is 2. The van der Waals surface area contributed by atoms with Crippen LogP contribution in [0.4, 0.5) is 0 Å². The van der Waals surface area contributed by atoms with Crippen molar-refractivity contribution in [1.29, 1.82) is 0 Å². The van der Waals surface area contributed by atoms with Crippen molar-refractivity contribution in [2.45, 2.75) is 50.3 Å². The Bertz CT molecular complexity index is 637. The van der Waals surface area contributed by atoms with E-state index < -0.39 is 10.0 Å². The van der Waals surface area contributed by atoms with Gasteiger partial charge in [0.25, 0.3) is 10.0 Å². The van der Waals surface area contributed by atoms with E-state index in [1.54, 1.807) is 16.4 Å². The largest absolute Gasteiger partial charge is 0.252 e. The highest BCUT2D eigenvalue weighted by atomic mass is 35.5. The van der Waals surface area contributed by atoms with Crippen molar-refractivity contribution in [2.75, 3.05) is 6.54 Å². The summed E-state index contributed by atoms with van der Waals surface area (Å²) < 4.78 is 28.3. The minimum absolute atomic E-state index is 0.112. The number of halogens is 1. The molecule has 2 heterocycles. The predicted molar refractivity (Wildman–Crippen MR) is 82.7 cm³/mol. The van der Waals surface area contributed by atoms with Crippen molar-refractivity contribution < 1.29 is 8.42 Å². The summed E-state index contributed by atoms with van der Waals surface area (Å²) in [4.78, 5) is 0. The molecular formula is C14H20ClNO2S2. The Hall–Kier alpha value is -0.100. The smallest absolute Gasteiger partial charge is 0.206 e. The molecule has 1 aliphatic carbocycles. The molecule has 112 valence electrons. The monoisotopic (exact) mass is 333 g/mol. The van der Waals surface area contributed by atoms with Gasteiger partial charge in [0, 0.05) is 12.6 Å². The third-order valence-corrected chi connectivity index (χ3v) is 8.08. The van der Waals surface area contributed by atoms with Gasteiger partial charge in [-0.15, -0.1) is 11.3 Å². The topological polar surface area (TPSA) is 37.4 Å². The van der Waals surface area contributed by atoms with Crippen LogP contribution in [-0.2, 0) is 10.0 Å². The molecule has 0 N–H and O–H groups in total. The molecule has 2 fully saturated rings. The van der Waals surface area contributed by atoms with Crippen LogP contribution in [0.1, 0.15) is 40.0 Å². The van der Waals surface area contributed by atoms with Gasteiger partial charge < -0.3 is 0 Å². The van der Waals surface area contributed by atoms with Crippen LogP contribution < -0.4 is 0 Å². The summed E-state index contributed by atoms with van der Waals surface area (Å²) in [5.41, 5.74) is 0.329. The molecule has 0 amide bonds. The molecule has 1 saturated heterocycles. The average molecular weight is 334 g/mol. The Morgan fingerprint density at radius 1 is 1.30 bits per heavy atom. The van der Waals surface area contributed by atoms with E-state index in [1.807, 2.05) is 0 Å². The van der Waals surface area contributed by atoms with Gasteiger partial charge in [0.05, 0.1) is 4.34 Å². The van der Waals surface area contributed by atoms with E-state index >= 15 is 0 Å². The Balaban J connectivity index is 1.96. The van der Waals surface area contributed by atoms with Crippen LogP contribution in [0.15, 0.2) is 16.3 Å². The highest BCUT2D eigenvalue weighted by Gasteiger charge is 2.53. The first-order chi connectivity index (χ1) is 9.11. The number of rotatable bonds is 2. The predicted octanol–water partition coefficient (Wildman–Crippen LogP) is 3.99. The molecule has 2 aliphatic rings. The van der Waals surface area contributed by atoms with Gasteiger partial charge in [-0.05, 0) is 42.2 Å². The first kappa shape index (κ1) is 14.8. The van der Waals surface area contributed by atoms with E-state index in [2.05, 4.69) is 20.8 Å². The molecule has 3 rings (SSSR count). The van der Waals surface area contributed by atoms with Crippen molar-refractivity contribution in [3.63, 3.8) is 0 Å². The molecule has 0 aromatic carbocycles. The van der Waals surface area contributed by atoms with Crippen LogP contribution in [0.5, 0.6) is 0 Å². The highest BCUT2D eigenvalue weighted by Crippen LogP contribution is 2.53. The Morgan fingerprint density at radius 2 is 2.00 bits per heavy atom. The molecule has 1 aromatic heterocycles. The van der Waals surface area contributed by atoms with Crippen molar-refractivity contribution in [3.8, 4) is 0 Å². The lowest BCUT2D eigenvalue weighted by Gasteiger charge is -2.39. The zero-order valence-corrected chi connectivity index (χ0v) is 14.4. The summed E-state index contributed by atoms with van der Waals surface area (Å²) in [6, 6.07) is 3.42. The summed E-state index contributed by atoms with van der Waals surface area (Å²) in [5.74, 6) is 0. The average Bonchev–Trinajstić information content (AvgIpc) is 2.79. The van der Waals surface area contributed by atoms with Gasteiger partial charge >= 0.3 is 0 Å². The maximum atomic E-state index is 12.8. The maximum absolute atomic E-state index is 12.8. The summed E-state index contributed by atoms with van der Waals surface area (Å²) >= 11 is 7.04. The van der Waals surface area contributed by atoms with Gasteiger partial charge in [-0.2, -0.15) is 4.31 Å². The second-order valence-electron chi connectivity index (χ2n) is 7.32. The molecule has 0 unspecified atom stereocenters. The van der Waals surface area contributed by atoms with Crippen molar-refractivity contribution >= 4 is 33.0 Å². The summed E-state index contributed by atoms with van der Waals surface area (Å²) in [6.07, 6.45) is 3.02. The fourth-order valence-electron chi connectivity index (χ4n) is 4.24. The first-order valence-electron chi connectivity index (χ1n) is 6.89. The van der Waals surface area contributed by atoms with Crippen LogP contribution in [0.2, 0.25) is 4.34 Å². The molecular weight excluding hydrogens is 314 g/mol. The van der Waals surface area contributed by atoms with E-state index in [-0.39, 0.29) is 16.9 Å². The normalized spacial score (nSPS) is 33.5. The number of hydrogen-bond acceptors (Lipinski definition) is 3. The lowest BCUT2D eigenvalue weighted by Crippen LogP contribution is -2.37. The Labute approximate surface area is 130 Å². The van der Waals surface area contributed by atoms with Gasteiger partial charge in [0.2, 0.25) is 0 Å². The fraction of sp³-hybridized carbons (Fsp3) is 0.714. The third-order valence-electron chi connectivity index (χ3n) is 4.48. The highest BCUT2D eigenvalue weighted by molar-refractivity contribution is 7.91. The van der Waals surface area contributed by atoms with Gasteiger partial charge in [0.15, 0.2) is 0 Å². The third kappa shape index (κ3) is 2.43. The molecule has 1 saturated carbocycles. The van der Waals surface area contributed by atoms with Crippen LogP contribution in [0.25, 0.3) is 0 Å². The van der Waals surface area contributed by atoms with E-state index in [0.29, 0.717) is 15.1 Å². The summed E-state index contributed by atoms with van der Waals surface area (Å²) in [7, 11) is -3.39. The maximum Gasteiger partial charge on any atom is 0.252 e. The summed E-state index contributed by atoms with van der Waals surface area (Å²) in [5, 5.41) is 0. The number of thiophene rings is 1. The van der Waals surface area contributed by atoms with E-state index in [1.165, 1.54) is 0 Å². The lowest BCUT2D eigenvalue weighted by molar-refractivity contribution is 0.133. The molecule has 1 aliphatic heterocycles. The van der Waals surface area contributed by atoms with Crippen LogP contribution >= 0.6 is 22.9 Å². The minimum Gasteiger partial charge on any atom is -0.206 e. The van der Waals surface area contributed by atoms with Crippen LogP contribution in [0, 0.1) is 10.8 Å². The molecule has 20 heavy (non-hydrogen) atoms. The fourth-order valence-corrected chi connectivity index (χ4v) is 7.63. The molecule has 3 nitrogen and oxygen atoms in total. The molecule has 0 radical (unpaired) electrons. The van der Waals surface area contributed by atoms with Crippen molar-refractivity contribution in [2.24, 2.45) is 10.8 Å². The second kappa shape index (κ2) is 4.45. The van der Waals surface area contributed by atoms with E-state index in [0.717, 1.165) is 30.6 Å². The van der Waals surface area contributed by atoms with Crippen molar-refractivity contribution in [1.82, 2.24) is 4.31 Å². The van der Waals surface area contributed by atoms with Crippen LogP contribution in [0.3, 0.4) is 0 Å². The first-order valence-corrected chi connectivity index (χ1v) is 9.52.